The average Bonchev–Trinajstić information content (AvgIpc) is 3.27. The number of hydrogen-bond acceptors (Lipinski definition) is 17. The first-order chi connectivity index (χ1) is 31.0. The van der Waals surface area contributed by atoms with Crippen molar-refractivity contribution in [2.24, 2.45) is 56.5 Å². The second-order valence-corrected chi connectivity index (χ2v) is 23.0. The van der Waals surface area contributed by atoms with Crippen molar-refractivity contribution in [1.29, 1.82) is 0 Å². The zero-order chi connectivity index (χ0) is 48.1. The Balaban J connectivity index is 1.07. The summed E-state index contributed by atoms with van der Waals surface area (Å²) in [6, 6.07) is -1.32. The molecule has 0 aromatic rings. The minimum absolute atomic E-state index is 0.0472. The maximum atomic E-state index is 15.4. The van der Waals surface area contributed by atoms with Crippen molar-refractivity contribution < 1.29 is 78.9 Å². The number of carbonyl (C=O) groups is 2. The minimum Gasteiger partial charge on any atom is -0.432 e. The summed E-state index contributed by atoms with van der Waals surface area (Å²) in [7, 11) is 0. The third-order valence-electron chi connectivity index (χ3n) is 19.0. The summed E-state index contributed by atoms with van der Waals surface area (Å²) >= 11 is 0. The lowest BCUT2D eigenvalue weighted by atomic mass is 9.34. The van der Waals surface area contributed by atoms with Crippen molar-refractivity contribution in [2.75, 3.05) is 19.8 Å². The fourth-order valence-electron chi connectivity index (χ4n) is 14.7. The van der Waals surface area contributed by atoms with Gasteiger partial charge in [-0.25, -0.2) is 0 Å². The van der Waals surface area contributed by atoms with E-state index in [4.69, 9.17) is 34.2 Å². The Morgan fingerprint density at radius 1 is 0.788 bits per heavy atom. The summed E-state index contributed by atoms with van der Waals surface area (Å²) in [6.45, 7) is 14.0. The predicted molar refractivity (Wildman–Crippen MR) is 233 cm³/mol. The summed E-state index contributed by atoms with van der Waals surface area (Å²) in [6.07, 6.45) is -9.99. The number of aliphatic hydroxyl groups is 8. The lowest BCUT2D eigenvalue weighted by Gasteiger charge is -2.70. The van der Waals surface area contributed by atoms with Gasteiger partial charge in [-0.05, 0) is 116 Å². The molecule has 8 aliphatic rings. The molecule has 23 atom stereocenters. The normalized spacial score (nSPS) is 52.4. The maximum Gasteiger partial charge on any atom is 0.315 e. The Bertz CT molecular complexity index is 1820. The largest absolute Gasteiger partial charge is 0.432 e. The third kappa shape index (κ3) is 8.21. The molecule has 0 aromatic carbocycles. The van der Waals surface area contributed by atoms with E-state index < -0.39 is 116 Å². The third-order valence-corrected chi connectivity index (χ3v) is 19.0. The molecule has 8 rings (SSSR count). The quantitative estimate of drug-likeness (QED) is 0.111. The molecule has 18 nitrogen and oxygen atoms in total. The summed E-state index contributed by atoms with van der Waals surface area (Å²) in [5, 5.41) is 89.5. The molecule has 3 aliphatic heterocycles. The van der Waals surface area contributed by atoms with Crippen molar-refractivity contribution in [3.05, 3.63) is 11.6 Å². The standard InChI is InChI=1S/C48H78N2O16/c1-22-24-10-13-47(7)30(45(24,5)12-11-27(22)52)9-8-25-26-18-44(3,4)14-16-48(26,17-15-46(25,47)6)43(60)66-42-39(34(56)32(29(20-51)63-42)50-31(54)19-49)65-41-37(59)35(57)38(23(2)62-41)64-40-36(58)33(55)28(53)21-61-40/h8,22-24,26-30,32-42,51-53,55-59H,9-21,49H2,1-7H3,(H,50,54)/t22?,23-,24+,26?,27+,28?,29+,30?,32?,33?,34?,35?,36?,37?,38?,39?,40+,41+,42+,45?,46-,47+,48+/m1/s1. The smallest absolute Gasteiger partial charge is 0.315 e. The van der Waals surface area contributed by atoms with Crippen LogP contribution in [-0.4, -0.2) is 165 Å². The van der Waals surface area contributed by atoms with Gasteiger partial charge >= 0.3 is 5.97 Å². The SMILES string of the molecule is CC1[C@@H](O)CCC2(C)C3CC=C4C5CC(C)(C)CC[C@]5(C(=O)O[C@@H]5O[C@@H](CO)C(NC(=O)CN)C(O)C5O[C@@H]5O[C@H](C)C(O[C@@H]6OCC(O)C(O)C6O)C(O)C5O)CC[C@@]4(C)[C@@]3(C)CC[C@@H]12. The monoisotopic (exact) mass is 939 g/mol. The van der Waals surface area contributed by atoms with Gasteiger partial charge in [0.15, 0.2) is 18.7 Å². The summed E-state index contributed by atoms with van der Waals surface area (Å²) in [5.74, 6) is -0.300. The zero-order valence-electron chi connectivity index (χ0n) is 39.7. The molecular formula is C48H78N2O16. The van der Waals surface area contributed by atoms with Crippen LogP contribution in [0.25, 0.3) is 0 Å². The molecule has 376 valence electrons. The lowest BCUT2D eigenvalue weighted by Crippen LogP contribution is -2.68. The van der Waals surface area contributed by atoms with Gasteiger partial charge in [0.05, 0.1) is 43.4 Å². The van der Waals surface area contributed by atoms with Gasteiger partial charge in [-0.15, -0.1) is 0 Å². The van der Waals surface area contributed by atoms with Crippen molar-refractivity contribution >= 4 is 11.9 Å². The van der Waals surface area contributed by atoms with Gasteiger partial charge in [-0.2, -0.15) is 0 Å². The molecule has 3 heterocycles. The minimum atomic E-state index is -1.87. The number of ether oxygens (including phenoxy) is 6. The van der Waals surface area contributed by atoms with E-state index in [0.29, 0.717) is 24.7 Å². The van der Waals surface area contributed by atoms with Crippen LogP contribution >= 0.6 is 0 Å². The topological polar surface area (TPSA) is 289 Å². The highest BCUT2D eigenvalue weighted by molar-refractivity contribution is 5.79. The molecule has 66 heavy (non-hydrogen) atoms. The van der Waals surface area contributed by atoms with Crippen LogP contribution in [0.4, 0.5) is 0 Å². The van der Waals surface area contributed by atoms with Crippen molar-refractivity contribution in [1.82, 2.24) is 5.32 Å². The molecule has 3 saturated heterocycles. The molecule has 7 fully saturated rings. The fourth-order valence-corrected chi connectivity index (χ4v) is 14.7. The van der Waals surface area contributed by atoms with Crippen molar-refractivity contribution in [2.45, 2.75) is 205 Å². The molecule has 4 saturated carbocycles. The molecule has 0 bridgehead atoms. The van der Waals surface area contributed by atoms with E-state index in [1.165, 1.54) is 12.5 Å². The summed E-state index contributed by atoms with van der Waals surface area (Å²) in [5.41, 5.74) is 5.67. The van der Waals surface area contributed by atoms with E-state index in [2.05, 4.69) is 52.9 Å². The molecule has 1 amide bonds. The number of carbonyl (C=O) groups excluding carboxylic acids is 2. The Kier molecular flexibility index (Phi) is 14.1. The van der Waals surface area contributed by atoms with Crippen LogP contribution in [0, 0.1) is 50.7 Å². The number of nitrogens with two attached hydrogens (primary N) is 1. The lowest BCUT2D eigenvalue weighted by molar-refractivity contribution is -0.369. The van der Waals surface area contributed by atoms with Gasteiger partial charge < -0.3 is 80.3 Å². The number of esters is 1. The van der Waals surface area contributed by atoms with E-state index in [1.54, 1.807) is 0 Å². The molecule has 11 N–H and O–H groups in total. The number of nitrogens with one attached hydrogen (secondary N) is 1. The first-order valence-corrected chi connectivity index (χ1v) is 24.5. The predicted octanol–water partition coefficient (Wildman–Crippen LogP) is 0.500. The van der Waals surface area contributed by atoms with Crippen molar-refractivity contribution in [3.63, 3.8) is 0 Å². The molecule has 0 spiro atoms. The van der Waals surface area contributed by atoms with E-state index in [9.17, 15) is 45.6 Å². The van der Waals surface area contributed by atoms with Crippen molar-refractivity contribution in [3.8, 4) is 0 Å². The maximum absolute atomic E-state index is 15.4. The van der Waals surface area contributed by atoms with Crippen LogP contribution in [0.2, 0.25) is 0 Å². The number of allylic oxidation sites excluding steroid dienone is 2. The van der Waals surface area contributed by atoms with Gasteiger partial charge in [0.1, 0.15) is 48.8 Å². The summed E-state index contributed by atoms with van der Waals surface area (Å²) < 4.78 is 36.1. The Morgan fingerprint density at radius 3 is 2.17 bits per heavy atom. The van der Waals surface area contributed by atoms with Gasteiger partial charge in [0.25, 0.3) is 0 Å². The molecule has 18 heteroatoms. The second-order valence-electron chi connectivity index (χ2n) is 23.0. The van der Waals surface area contributed by atoms with Crippen LogP contribution in [0.15, 0.2) is 11.6 Å². The Hall–Kier alpha value is -1.88. The first kappa shape index (κ1) is 50.5. The molecule has 5 aliphatic carbocycles. The number of fused-ring (bicyclic) bond motifs is 7. The van der Waals surface area contributed by atoms with Gasteiger partial charge in [-0.3, -0.25) is 9.59 Å². The van der Waals surface area contributed by atoms with Gasteiger partial charge in [-0.1, -0.05) is 53.2 Å². The number of hydrogen-bond donors (Lipinski definition) is 10. The number of aliphatic hydroxyl groups excluding tert-OH is 8. The first-order valence-electron chi connectivity index (χ1n) is 24.5. The fraction of sp³-hybridized carbons (Fsp3) is 0.917. The van der Waals surface area contributed by atoms with E-state index in [0.717, 1.165) is 51.4 Å². The zero-order valence-corrected chi connectivity index (χ0v) is 39.7. The number of amides is 1. The Labute approximate surface area is 387 Å². The van der Waals surface area contributed by atoms with Crippen LogP contribution in [0.3, 0.4) is 0 Å². The molecule has 0 radical (unpaired) electrons. The second kappa shape index (κ2) is 18.4. The van der Waals surface area contributed by atoms with Crippen LogP contribution in [-0.2, 0) is 38.0 Å². The summed E-state index contributed by atoms with van der Waals surface area (Å²) in [4.78, 5) is 28.0. The van der Waals surface area contributed by atoms with E-state index in [1.807, 2.05) is 0 Å². The Morgan fingerprint density at radius 2 is 1.47 bits per heavy atom. The molecular weight excluding hydrogens is 861 g/mol. The number of rotatable bonds is 9. The average molecular weight is 939 g/mol. The highest BCUT2D eigenvalue weighted by Gasteiger charge is 2.69. The van der Waals surface area contributed by atoms with Gasteiger partial charge in [0.2, 0.25) is 12.2 Å². The molecule has 13 unspecified atom stereocenters. The van der Waals surface area contributed by atoms with Crippen LogP contribution in [0.5, 0.6) is 0 Å². The molecule has 0 aromatic heterocycles. The van der Waals surface area contributed by atoms with E-state index >= 15 is 4.79 Å². The van der Waals surface area contributed by atoms with E-state index in [-0.39, 0.29) is 46.2 Å². The highest BCUT2D eigenvalue weighted by Crippen LogP contribution is 2.75. The van der Waals surface area contributed by atoms with Crippen LogP contribution in [0.1, 0.15) is 113 Å². The van der Waals surface area contributed by atoms with Crippen LogP contribution < -0.4 is 11.1 Å². The van der Waals surface area contributed by atoms with Gasteiger partial charge in [0, 0.05) is 0 Å². The highest BCUT2D eigenvalue weighted by atomic mass is 16.8.